The van der Waals surface area contributed by atoms with E-state index >= 15 is 0 Å². The summed E-state index contributed by atoms with van der Waals surface area (Å²) in [5, 5.41) is 0. The minimum atomic E-state index is -2.69. The molecule has 86 valence electrons. The van der Waals surface area contributed by atoms with Gasteiger partial charge in [0.25, 0.3) is 12.0 Å². The number of hydrogen-bond acceptors (Lipinski definition) is 2. The lowest BCUT2D eigenvalue weighted by atomic mass is 10.0. The Bertz CT molecular complexity index is 454. The van der Waals surface area contributed by atoms with E-state index in [1.54, 1.807) is 0 Å². The van der Waals surface area contributed by atoms with Crippen molar-refractivity contribution < 1.29 is 8.78 Å². The molecule has 0 amide bonds. The van der Waals surface area contributed by atoms with Crippen LogP contribution in [0.25, 0.3) is 0 Å². The molecule has 0 radical (unpaired) electrons. The maximum atomic E-state index is 12.3. The summed E-state index contributed by atoms with van der Waals surface area (Å²) in [5.41, 5.74) is -0.872. The fraction of sp³-hybridized carbons (Fsp3) is 0.455. The van der Waals surface area contributed by atoms with Gasteiger partial charge in [-0.1, -0.05) is 12.2 Å². The van der Waals surface area contributed by atoms with Gasteiger partial charge in [0.2, 0.25) is 0 Å². The highest BCUT2D eigenvalue weighted by molar-refractivity contribution is 5.05. The Hall–Kier alpha value is -1.52. The van der Waals surface area contributed by atoms with Crippen LogP contribution in [0.3, 0.4) is 0 Å². The zero-order chi connectivity index (χ0) is 11.5. The average Bonchev–Trinajstić information content (AvgIpc) is 2.30. The predicted molar refractivity (Wildman–Crippen MR) is 55.5 cm³/mol. The van der Waals surface area contributed by atoms with Crippen molar-refractivity contribution in [2.75, 3.05) is 0 Å². The smallest absolute Gasteiger partial charge is 0.280 e. The Morgan fingerprint density at radius 1 is 1.50 bits per heavy atom. The van der Waals surface area contributed by atoms with Crippen LogP contribution in [0, 0.1) is 0 Å². The van der Waals surface area contributed by atoms with E-state index in [1.807, 2.05) is 12.2 Å². The van der Waals surface area contributed by atoms with Gasteiger partial charge in [-0.3, -0.25) is 9.36 Å². The largest absolute Gasteiger partial charge is 0.292 e. The lowest BCUT2D eigenvalue weighted by molar-refractivity contribution is 0.145. The summed E-state index contributed by atoms with van der Waals surface area (Å²) in [4.78, 5) is 15.2. The number of hydrogen-bond donors (Lipinski definition) is 0. The number of alkyl halides is 2. The number of rotatable bonds is 2. The standard InChI is InChI=1S/C11H12F2N2O/c12-11(13)9-6-10(16)15(7-14-9)8-4-2-1-3-5-8/h2,4,6-8,11H,1,3,5H2/t8-/m1/s1. The van der Waals surface area contributed by atoms with E-state index in [9.17, 15) is 13.6 Å². The molecule has 1 aliphatic carbocycles. The second kappa shape index (κ2) is 4.55. The van der Waals surface area contributed by atoms with Crippen molar-refractivity contribution in [3.8, 4) is 0 Å². The minimum absolute atomic E-state index is 0.0412. The number of nitrogens with zero attached hydrogens (tertiary/aromatic N) is 2. The number of halogens is 2. The van der Waals surface area contributed by atoms with Crippen molar-refractivity contribution in [1.29, 1.82) is 0 Å². The molecule has 1 aliphatic rings. The highest BCUT2D eigenvalue weighted by atomic mass is 19.3. The first kappa shape index (κ1) is 11.0. The molecule has 1 atom stereocenters. The highest BCUT2D eigenvalue weighted by Gasteiger charge is 2.15. The molecule has 5 heteroatoms. The van der Waals surface area contributed by atoms with Crippen LogP contribution in [0.4, 0.5) is 8.78 Å². The van der Waals surface area contributed by atoms with Crippen LogP contribution in [0.15, 0.2) is 29.3 Å². The average molecular weight is 226 g/mol. The Morgan fingerprint density at radius 3 is 2.88 bits per heavy atom. The molecule has 0 saturated carbocycles. The van der Waals surface area contributed by atoms with E-state index in [2.05, 4.69) is 4.98 Å². The second-order valence-electron chi connectivity index (χ2n) is 3.79. The summed E-state index contributed by atoms with van der Waals surface area (Å²) in [5.74, 6) is 0. The van der Waals surface area contributed by atoms with Crippen LogP contribution in [0.2, 0.25) is 0 Å². The quantitative estimate of drug-likeness (QED) is 0.726. The summed E-state index contributed by atoms with van der Waals surface area (Å²) in [6.45, 7) is 0. The van der Waals surface area contributed by atoms with Gasteiger partial charge in [0.05, 0.1) is 12.4 Å². The zero-order valence-electron chi connectivity index (χ0n) is 8.64. The third-order valence-corrected chi connectivity index (χ3v) is 2.67. The van der Waals surface area contributed by atoms with Gasteiger partial charge in [0.1, 0.15) is 5.69 Å². The van der Waals surface area contributed by atoms with Crippen molar-refractivity contribution in [3.63, 3.8) is 0 Å². The molecule has 2 rings (SSSR count). The molecule has 0 spiro atoms. The van der Waals surface area contributed by atoms with Crippen molar-refractivity contribution in [3.05, 3.63) is 40.6 Å². The van der Waals surface area contributed by atoms with E-state index in [0.29, 0.717) is 0 Å². The van der Waals surface area contributed by atoms with Gasteiger partial charge in [0.15, 0.2) is 0 Å². The van der Waals surface area contributed by atoms with Crippen molar-refractivity contribution in [2.24, 2.45) is 0 Å². The first-order valence-corrected chi connectivity index (χ1v) is 5.21. The monoisotopic (exact) mass is 226 g/mol. The van der Waals surface area contributed by atoms with Crippen molar-refractivity contribution in [2.45, 2.75) is 31.7 Å². The lowest BCUT2D eigenvalue weighted by Crippen LogP contribution is -2.25. The molecule has 0 aliphatic heterocycles. The maximum Gasteiger partial charge on any atom is 0.280 e. The molecular weight excluding hydrogens is 214 g/mol. The summed E-state index contributed by atoms with van der Waals surface area (Å²) < 4.78 is 26.0. The third-order valence-electron chi connectivity index (χ3n) is 2.67. The Labute approximate surface area is 91.4 Å². The van der Waals surface area contributed by atoms with Crippen LogP contribution >= 0.6 is 0 Å². The molecule has 3 nitrogen and oxygen atoms in total. The molecular formula is C11H12F2N2O. The molecule has 0 bridgehead atoms. The van der Waals surface area contributed by atoms with Crippen LogP contribution < -0.4 is 5.56 Å². The molecule has 0 saturated heterocycles. The Balaban J connectivity index is 2.32. The molecule has 1 aromatic heterocycles. The zero-order valence-corrected chi connectivity index (χ0v) is 8.64. The van der Waals surface area contributed by atoms with Crippen LogP contribution in [0.5, 0.6) is 0 Å². The molecule has 0 aromatic carbocycles. The molecule has 1 aromatic rings. The van der Waals surface area contributed by atoms with Crippen LogP contribution in [0.1, 0.15) is 37.4 Å². The van der Waals surface area contributed by atoms with Gasteiger partial charge in [-0.05, 0) is 19.3 Å². The van der Waals surface area contributed by atoms with Gasteiger partial charge >= 0.3 is 0 Å². The van der Waals surface area contributed by atoms with E-state index in [4.69, 9.17) is 0 Å². The first-order chi connectivity index (χ1) is 7.68. The fourth-order valence-corrected chi connectivity index (χ4v) is 1.82. The topological polar surface area (TPSA) is 34.9 Å². The predicted octanol–water partition coefficient (Wildman–Crippen LogP) is 2.46. The summed E-state index contributed by atoms with van der Waals surface area (Å²) in [6.07, 6.45) is 5.31. The summed E-state index contributed by atoms with van der Waals surface area (Å²) in [6, 6.07) is 0.869. The van der Waals surface area contributed by atoms with E-state index < -0.39 is 17.7 Å². The maximum absolute atomic E-state index is 12.3. The number of aromatic nitrogens is 2. The first-order valence-electron chi connectivity index (χ1n) is 5.21. The normalized spacial score (nSPS) is 20.3. The van der Waals surface area contributed by atoms with E-state index in [0.717, 1.165) is 25.3 Å². The lowest BCUT2D eigenvalue weighted by Gasteiger charge is -2.18. The van der Waals surface area contributed by atoms with Gasteiger partial charge in [-0.25, -0.2) is 13.8 Å². The molecule has 16 heavy (non-hydrogen) atoms. The van der Waals surface area contributed by atoms with Crippen LogP contribution in [-0.4, -0.2) is 9.55 Å². The fourth-order valence-electron chi connectivity index (χ4n) is 1.82. The third kappa shape index (κ3) is 2.18. The second-order valence-corrected chi connectivity index (χ2v) is 3.79. The number of allylic oxidation sites excluding steroid dienone is 2. The van der Waals surface area contributed by atoms with Crippen molar-refractivity contribution in [1.82, 2.24) is 9.55 Å². The summed E-state index contributed by atoms with van der Waals surface area (Å²) >= 11 is 0. The Morgan fingerprint density at radius 2 is 2.31 bits per heavy atom. The Kier molecular flexibility index (Phi) is 3.12. The van der Waals surface area contributed by atoms with Gasteiger partial charge in [-0.15, -0.1) is 0 Å². The van der Waals surface area contributed by atoms with Crippen LogP contribution in [-0.2, 0) is 0 Å². The van der Waals surface area contributed by atoms with Gasteiger partial charge in [-0.2, -0.15) is 0 Å². The highest BCUT2D eigenvalue weighted by Crippen LogP contribution is 2.21. The molecule has 0 unspecified atom stereocenters. The molecule has 0 fully saturated rings. The molecule has 0 N–H and O–H groups in total. The SMILES string of the molecule is O=c1cc(C(F)F)ncn1[C@@H]1C=CCCC1. The van der Waals surface area contributed by atoms with Gasteiger partial charge < -0.3 is 0 Å². The van der Waals surface area contributed by atoms with Crippen molar-refractivity contribution >= 4 is 0 Å². The minimum Gasteiger partial charge on any atom is -0.292 e. The van der Waals surface area contributed by atoms with E-state index in [1.165, 1.54) is 10.9 Å². The van der Waals surface area contributed by atoms with Gasteiger partial charge in [0, 0.05) is 6.07 Å². The summed E-state index contributed by atoms with van der Waals surface area (Å²) in [7, 11) is 0. The van der Waals surface area contributed by atoms with E-state index in [-0.39, 0.29) is 6.04 Å². The molecule has 1 heterocycles.